The van der Waals surface area contributed by atoms with E-state index in [2.05, 4.69) is 9.35 Å². The number of carbonyl (C=O) groups is 1. The first-order valence-electron chi connectivity index (χ1n) is 7.06. The molecule has 9 heteroatoms. The minimum absolute atomic E-state index is 0.158. The number of hydrogen-bond acceptors (Lipinski definition) is 4. The van der Waals surface area contributed by atoms with E-state index in [0.717, 1.165) is 23.4 Å². The van der Waals surface area contributed by atoms with Crippen LogP contribution in [-0.4, -0.2) is 27.1 Å². The van der Waals surface area contributed by atoms with E-state index in [9.17, 15) is 22.2 Å². The molecule has 0 saturated carbocycles. The maximum atomic E-state index is 12.5. The zero-order valence-electron chi connectivity index (χ0n) is 13.4. The molecule has 0 radical (unpaired) electrons. The first-order chi connectivity index (χ1) is 11.6. The Morgan fingerprint density at radius 3 is 2.36 bits per heavy atom. The van der Waals surface area contributed by atoms with Crippen LogP contribution in [0.3, 0.4) is 0 Å². The lowest BCUT2D eigenvalue weighted by Crippen LogP contribution is -2.06. The van der Waals surface area contributed by atoms with Gasteiger partial charge in [0.05, 0.1) is 26.1 Å². The van der Waals surface area contributed by atoms with Crippen molar-refractivity contribution >= 4 is 27.4 Å². The molecule has 0 saturated heterocycles. The second-order valence-electron chi connectivity index (χ2n) is 5.27. The number of alkyl halides is 3. The number of thioether (sulfide) groups is 1. The molecule has 0 bridgehead atoms. The molecule has 0 unspecified atom stereocenters. The largest absolute Gasteiger partial charge is 0.417 e. The highest BCUT2D eigenvalue weighted by atomic mass is 32.2. The summed E-state index contributed by atoms with van der Waals surface area (Å²) in [5.74, 6) is -0.769. The smallest absolute Gasteiger partial charge is 0.271 e. The fourth-order valence-corrected chi connectivity index (χ4v) is 3.74. The van der Waals surface area contributed by atoms with Gasteiger partial charge in [0.15, 0.2) is 0 Å². The predicted octanol–water partition coefficient (Wildman–Crippen LogP) is 4.18. The van der Waals surface area contributed by atoms with Crippen molar-refractivity contribution in [1.29, 1.82) is 0 Å². The summed E-state index contributed by atoms with van der Waals surface area (Å²) in [4.78, 5) is 16.0. The minimum Gasteiger partial charge on any atom is -0.271 e. The predicted molar refractivity (Wildman–Crippen MR) is 90.9 cm³/mol. The molecule has 0 fully saturated rings. The Morgan fingerprint density at radius 2 is 1.84 bits per heavy atom. The van der Waals surface area contributed by atoms with Gasteiger partial charge in [-0.3, -0.25) is 4.79 Å². The number of aromatic nitrogens is 1. The van der Waals surface area contributed by atoms with Gasteiger partial charge in [-0.1, -0.05) is 29.5 Å². The normalized spacial score (nSPS) is 14.0. The van der Waals surface area contributed by atoms with Crippen LogP contribution >= 0.6 is 11.8 Å². The average molecular weight is 388 g/mol. The second-order valence-corrected chi connectivity index (χ2v) is 8.53. The van der Waals surface area contributed by atoms with Crippen molar-refractivity contribution in [3.8, 4) is 0 Å². The SMILES string of the molecule is Cc1ccc([S@](C)(=O)=NC(=O)CSc2ccc(C(F)(F)F)cn2)cc1. The summed E-state index contributed by atoms with van der Waals surface area (Å²) in [6.45, 7) is 1.89. The highest BCUT2D eigenvalue weighted by Gasteiger charge is 2.30. The van der Waals surface area contributed by atoms with Gasteiger partial charge in [-0.05, 0) is 31.2 Å². The highest BCUT2D eigenvalue weighted by molar-refractivity contribution is 8.00. The van der Waals surface area contributed by atoms with Gasteiger partial charge >= 0.3 is 6.18 Å². The third kappa shape index (κ3) is 5.57. The van der Waals surface area contributed by atoms with Crippen molar-refractivity contribution in [3.05, 3.63) is 53.7 Å². The maximum absolute atomic E-state index is 12.5. The molecule has 2 aromatic rings. The molecular formula is C16H15F3N2O2S2. The van der Waals surface area contributed by atoms with Gasteiger partial charge in [-0.25, -0.2) is 9.19 Å². The van der Waals surface area contributed by atoms with E-state index in [4.69, 9.17) is 0 Å². The number of amides is 1. The van der Waals surface area contributed by atoms with Crippen molar-refractivity contribution in [2.24, 2.45) is 4.36 Å². The Morgan fingerprint density at radius 1 is 1.20 bits per heavy atom. The fourth-order valence-electron chi connectivity index (χ4n) is 1.83. The Bertz CT molecular complexity index is 870. The third-order valence-corrected chi connectivity index (χ3v) is 5.77. The van der Waals surface area contributed by atoms with Crippen LogP contribution in [0.5, 0.6) is 0 Å². The highest BCUT2D eigenvalue weighted by Crippen LogP contribution is 2.29. The van der Waals surface area contributed by atoms with Crippen LogP contribution in [0.25, 0.3) is 0 Å². The minimum atomic E-state index is -4.46. The first-order valence-corrected chi connectivity index (χ1v) is 9.96. The molecule has 4 nitrogen and oxygen atoms in total. The molecule has 1 aromatic heterocycles. The van der Waals surface area contributed by atoms with Crippen LogP contribution in [0.4, 0.5) is 13.2 Å². The average Bonchev–Trinajstić information content (AvgIpc) is 2.52. The quantitative estimate of drug-likeness (QED) is 0.737. The topological polar surface area (TPSA) is 59.4 Å². The number of aryl methyl sites for hydroxylation is 1. The zero-order valence-corrected chi connectivity index (χ0v) is 15.0. The summed E-state index contributed by atoms with van der Waals surface area (Å²) in [5, 5.41) is 0.259. The number of carbonyl (C=O) groups excluding carboxylic acids is 1. The van der Waals surface area contributed by atoms with Crippen LogP contribution in [0.1, 0.15) is 11.1 Å². The van der Waals surface area contributed by atoms with Gasteiger partial charge in [0, 0.05) is 17.3 Å². The van der Waals surface area contributed by atoms with Crippen molar-refractivity contribution in [3.63, 3.8) is 0 Å². The van der Waals surface area contributed by atoms with E-state index in [0.29, 0.717) is 11.1 Å². The summed E-state index contributed by atoms with van der Waals surface area (Å²) in [5.41, 5.74) is 0.137. The molecular weight excluding hydrogens is 373 g/mol. The molecule has 0 spiro atoms. The van der Waals surface area contributed by atoms with Gasteiger partial charge in [-0.15, -0.1) is 0 Å². The molecule has 1 aromatic carbocycles. The Balaban J connectivity index is 2.04. The van der Waals surface area contributed by atoms with Gasteiger partial charge in [0.25, 0.3) is 5.91 Å². The van der Waals surface area contributed by atoms with Crippen molar-refractivity contribution in [2.75, 3.05) is 12.0 Å². The van der Waals surface area contributed by atoms with Gasteiger partial charge in [0.1, 0.15) is 0 Å². The van der Waals surface area contributed by atoms with Crippen molar-refractivity contribution in [1.82, 2.24) is 4.98 Å². The van der Waals surface area contributed by atoms with Gasteiger partial charge < -0.3 is 0 Å². The monoisotopic (exact) mass is 388 g/mol. The Kier molecular flexibility index (Phi) is 5.89. The van der Waals surface area contributed by atoms with E-state index < -0.39 is 27.4 Å². The second kappa shape index (κ2) is 7.57. The summed E-state index contributed by atoms with van der Waals surface area (Å²) in [6.07, 6.45) is -2.38. The fraction of sp³-hybridized carbons (Fsp3) is 0.250. The van der Waals surface area contributed by atoms with E-state index in [1.165, 1.54) is 12.3 Å². The number of halogens is 3. The Labute approximate surface area is 148 Å². The number of pyridine rings is 1. The van der Waals surface area contributed by atoms with Crippen LogP contribution in [-0.2, 0) is 20.7 Å². The zero-order chi connectivity index (χ0) is 18.7. The van der Waals surface area contributed by atoms with Gasteiger partial charge in [0.2, 0.25) is 0 Å². The van der Waals surface area contributed by atoms with E-state index in [1.807, 2.05) is 6.92 Å². The summed E-state index contributed by atoms with van der Waals surface area (Å²) < 4.78 is 53.7. The maximum Gasteiger partial charge on any atom is 0.417 e. The number of nitrogens with zero attached hydrogens (tertiary/aromatic N) is 2. The number of hydrogen-bond donors (Lipinski definition) is 0. The summed E-state index contributed by atoms with van der Waals surface area (Å²) >= 11 is 0.939. The van der Waals surface area contributed by atoms with Gasteiger partial charge in [-0.2, -0.15) is 17.5 Å². The van der Waals surface area contributed by atoms with Crippen LogP contribution < -0.4 is 0 Å². The first kappa shape index (κ1) is 19.5. The van der Waals surface area contributed by atoms with Crippen LogP contribution in [0.2, 0.25) is 0 Å². The standard InChI is InChI=1S/C16H15F3N2O2S2/c1-11-3-6-13(7-4-11)25(2,23)21-14(22)10-24-15-8-5-12(9-20-15)16(17,18)19/h3-9H,10H2,1-2H3/t25-/m0/s1. The third-order valence-electron chi connectivity index (χ3n) is 3.14. The summed E-state index contributed by atoms with van der Waals surface area (Å²) in [7, 11) is -2.86. The molecule has 1 heterocycles. The lowest BCUT2D eigenvalue weighted by atomic mass is 10.2. The lowest BCUT2D eigenvalue weighted by molar-refractivity contribution is -0.137. The molecule has 25 heavy (non-hydrogen) atoms. The molecule has 0 N–H and O–H groups in total. The summed E-state index contributed by atoms with van der Waals surface area (Å²) in [6, 6.07) is 8.94. The molecule has 2 rings (SSSR count). The molecule has 0 aliphatic rings. The number of rotatable bonds is 4. The molecule has 0 aliphatic carbocycles. The van der Waals surface area contributed by atoms with E-state index in [-0.39, 0.29) is 10.8 Å². The van der Waals surface area contributed by atoms with Crippen molar-refractivity contribution in [2.45, 2.75) is 23.0 Å². The molecule has 1 atom stereocenters. The Hall–Kier alpha value is -1.87. The molecule has 0 aliphatic heterocycles. The van der Waals surface area contributed by atoms with E-state index in [1.54, 1.807) is 24.3 Å². The van der Waals surface area contributed by atoms with Crippen LogP contribution in [0, 0.1) is 6.92 Å². The van der Waals surface area contributed by atoms with Crippen molar-refractivity contribution < 1.29 is 22.2 Å². The number of benzene rings is 1. The van der Waals surface area contributed by atoms with E-state index >= 15 is 0 Å². The lowest BCUT2D eigenvalue weighted by Gasteiger charge is -2.06. The molecule has 1 amide bonds. The molecule has 134 valence electrons. The van der Waals surface area contributed by atoms with Crippen LogP contribution in [0.15, 0.2) is 56.9 Å².